The summed E-state index contributed by atoms with van der Waals surface area (Å²) in [4.78, 5) is 10.4. The third kappa shape index (κ3) is 3.63. The molecular weight excluding hydrogens is 584 g/mol. The zero-order valence-electron chi connectivity index (χ0n) is 24.7. The molecule has 0 amide bonds. The van der Waals surface area contributed by atoms with E-state index in [0.29, 0.717) is 35.0 Å². The topological polar surface area (TPSA) is 104 Å². The van der Waals surface area contributed by atoms with Crippen LogP contribution in [0.15, 0.2) is 142 Å². The highest BCUT2D eigenvalue weighted by atomic mass is 16.4. The number of nitrogens with zero attached hydrogens (tertiary/aromatic N) is 6. The Hall–Kier alpha value is -6.54. The fourth-order valence-corrected chi connectivity index (χ4v) is 7.13. The van der Waals surface area contributed by atoms with Gasteiger partial charge in [-0.3, -0.25) is 0 Å². The molecule has 0 saturated heterocycles. The van der Waals surface area contributed by atoms with Crippen molar-refractivity contribution >= 4 is 0 Å². The molecule has 10 rings (SSSR count). The molecule has 220 valence electrons. The summed E-state index contributed by atoms with van der Waals surface area (Å²) >= 11 is 0. The van der Waals surface area contributed by atoms with Gasteiger partial charge in [0.05, 0.1) is 16.8 Å². The Kier molecular flexibility index (Phi) is 5.33. The van der Waals surface area contributed by atoms with Crippen molar-refractivity contribution in [2.24, 2.45) is 0 Å². The highest BCUT2D eigenvalue weighted by Crippen LogP contribution is 2.62. The van der Waals surface area contributed by atoms with Crippen LogP contribution in [-0.2, 0) is 5.41 Å². The molecule has 1 spiro atoms. The second-order valence-electron chi connectivity index (χ2n) is 11.6. The van der Waals surface area contributed by atoms with Gasteiger partial charge < -0.3 is 8.83 Å². The Morgan fingerprint density at radius 1 is 0.362 bits per heavy atom. The Balaban J connectivity index is 1.19. The van der Waals surface area contributed by atoms with Crippen LogP contribution in [0.1, 0.15) is 22.3 Å². The molecule has 4 aromatic carbocycles. The Labute approximate surface area is 268 Å². The largest absolute Gasteiger partial charge is 0.415 e. The van der Waals surface area contributed by atoms with E-state index in [1.165, 1.54) is 22.3 Å². The molecule has 2 aliphatic rings. The molecule has 0 fully saturated rings. The minimum Gasteiger partial charge on any atom is -0.415 e. The van der Waals surface area contributed by atoms with Gasteiger partial charge in [0.25, 0.3) is 11.8 Å². The van der Waals surface area contributed by atoms with Crippen LogP contribution in [-0.4, -0.2) is 30.4 Å². The maximum Gasteiger partial charge on any atom is 0.266 e. The lowest BCUT2D eigenvalue weighted by molar-refractivity contribution is 0.581. The Bertz CT molecular complexity index is 2310. The van der Waals surface area contributed by atoms with Crippen LogP contribution in [0.4, 0.5) is 0 Å². The van der Waals surface area contributed by atoms with Gasteiger partial charge in [0.1, 0.15) is 11.4 Å². The normalized spacial score (nSPS) is 13.3. The minimum atomic E-state index is -0.608. The summed E-state index contributed by atoms with van der Waals surface area (Å²) in [5.41, 5.74) is 10.6. The molecule has 0 N–H and O–H groups in total. The van der Waals surface area contributed by atoms with E-state index in [2.05, 4.69) is 81.1 Å². The molecule has 0 bridgehead atoms. The van der Waals surface area contributed by atoms with E-state index < -0.39 is 5.41 Å². The van der Waals surface area contributed by atoms with Crippen molar-refractivity contribution in [2.45, 2.75) is 5.41 Å². The van der Waals surface area contributed by atoms with Gasteiger partial charge in [-0.05, 0) is 69.8 Å². The molecule has 0 radical (unpaired) electrons. The summed E-state index contributed by atoms with van der Waals surface area (Å²) in [5, 5.41) is 17.4. The van der Waals surface area contributed by atoms with Crippen molar-refractivity contribution in [1.82, 2.24) is 30.4 Å². The quantitative estimate of drug-likeness (QED) is 0.197. The van der Waals surface area contributed by atoms with Crippen LogP contribution in [0, 0.1) is 0 Å². The zero-order chi connectivity index (χ0) is 31.0. The average molecular weight is 607 g/mol. The molecule has 2 aliphatic carbocycles. The van der Waals surface area contributed by atoms with E-state index in [0.717, 1.165) is 33.6 Å². The number of hydrogen-bond acceptors (Lipinski definition) is 8. The number of rotatable bonds is 4. The van der Waals surface area contributed by atoms with Crippen molar-refractivity contribution in [3.05, 3.63) is 156 Å². The SMILES string of the molecule is c1ccc(-c2nnc(-c3ccc4c(n3)-c3nc(-c5nnc(-c6ccccc6)o5)ccc3C43c4ccccc4-c4ccccc43)o2)cc1. The van der Waals surface area contributed by atoms with Gasteiger partial charge in [-0.25, -0.2) is 9.97 Å². The van der Waals surface area contributed by atoms with Crippen molar-refractivity contribution in [3.8, 4) is 68.6 Å². The number of pyridine rings is 2. The molecule has 0 atom stereocenters. The maximum atomic E-state index is 6.13. The predicted molar refractivity (Wildman–Crippen MR) is 176 cm³/mol. The van der Waals surface area contributed by atoms with E-state index in [1.807, 2.05) is 72.8 Å². The van der Waals surface area contributed by atoms with Crippen molar-refractivity contribution in [2.75, 3.05) is 0 Å². The van der Waals surface area contributed by atoms with Crippen molar-refractivity contribution in [3.63, 3.8) is 0 Å². The molecule has 4 heterocycles. The fourth-order valence-electron chi connectivity index (χ4n) is 7.13. The first-order valence-corrected chi connectivity index (χ1v) is 15.3. The summed E-state index contributed by atoms with van der Waals surface area (Å²) in [6.45, 7) is 0. The summed E-state index contributed by atoms with van der Waals surface area (Å²) in [6, 6.07) is 44.8. The van der Waals surface area contributed by atoms with Crippen LogP contribution < -0.4 is 0 Å². The molecule has 0 saturated carbocycles. The molecule has 8 aromatic rings. The zero-order valence-corrected chi connectivity index (χ0v) is 24.7. The van der Waals surface area contributed by atoms with Crippen LogP contribution in [0.3, 0.4) is 0 Å². The smallest absolute Gasteiger partial charge is 0.266 e. The summed E-state index contributed by atoms with van der Waals surface area (Å²) in [5.74, 6) is 1.54. The van der Waals surface area contributed by atoms with E-state index >= 15 is 0 Å². The molecule has 8 nitrogen and oxygen atoms in total. The second-order valence-corrected chi connectivity index (χ2v) is 11.6. The first kappa shape index (κ1) is 25.8. The van der Waals surface area contributed by atoms with Gasteiger partial charge >= 0.3 is 0 Å². The van der Waals surface area contributed by atoms with Crippen LogP contribution in [0.5, 0.6) is 0 Å². The molecular formula is C39H22N6O2. The highest BCUT2D eigenvalue weighted by molar-refractivity contribution is 5.93. The fraction of sp³-hybridized carbons (Fsp3) is 0.0256. The van der Waals surface area contributed by atoms with Crippen LogP contribution in [0.2, 0.25) is 0 Å². The first-order valence-electron chi connectivity index (χ1n) is 15.3. The van der Waals surface area contributed by atoms with E-state index in [4.69, 9.17) is 18.8 Å². The summed E-state index contributed by atoms with van der Waals surface area (Å²) in [7, 11) is 0. The molecule has 4 aromatic heterocycles. The van der Waals surface area contributed by atoms with Gasteiger partial charge in [0, 0.05) is 11.1 Å². The van der Waals surface area contributed by atoms with Crippen molar-refractivity contribution < 1.29 is 8.83 Å². The third-order valence-electron chi connectivity index (χ3n) is 9.10. The lowest BCUT2D eigenvalue weighted by atomic mass is 9.71. The first-order chi connectivity index (χ1) is 23.3. The number of benzene rings is 4. The summed E-state index contributed by atoms with van der Waals surface area (Å²) in [6.07, 6.45) is 0. The molecule has 0 aliphatic heterocycles. The monoisotopic (exact) mass is 606 g/mol. The second kappa shape index (κ2) is 9.73. The Morgan fingerprint density at radius 3 is 1.23 bits per heavy atom. The highest BCUT2D eigenvalue weighted by Gasteiger charge is 2.53. The standard InChI is InChI=1S/C39H22N6O2/c1-3-11-23(12-4-1)35-42-44-37(46-35)31-21-19-29-33(40-31)34-30(39(29)27-17-9-7-15-25(27)26-16-8-10-18-28(26)39)20-22-32(41-34)38-45-43-36(47-38)24-13-5-2-6-14-24/h1-22H. The number of hydrogen-bond donors (Lipinski definition) is 0. The van der Waals surface area contributed by atoms with Gasteiger partial charge in [0.15, 0.2) is 0 Å². The van der Waals surface area contributed by atoms with Gasteiger partial charge in [-0.15, -0.1) is 20.4 Å². The summed E-state index contributed by atoms with van der Waals surface area (Å²) < 4.78 is 12.3. The average Bonchev–Trinajstić information content (AvgIpc) is 3.94. The van der Waals surface area contributed by atoms with Crippen molar-refractivity contribution in [1.29, 1.82) is 0 Å². The minimum absolute atomic E-state index is 0.335. The molecule has 8 heteroatoms. The van der Waals surface area contributed by atoms with E-state index in [9.17, 15) is 0 Å². The van der Waals surface area contributed by atoms with Crippen LogP contribution >= 0.6 is 0 Å². The van der Waals surface area contributed by atoms with E-state index in [-0.39, 0.29) is 0 Å². The van der Waals surface area contributed by atoms with Gasteiger partial charge in [-0.1, -0.05) is 97.1 Å². The van der Waals surface area contributed by atoms with Gasteiger partial charge in [0.2, 0.25) is 11.8 Å². The Morgan fingerprint density at radius 2 is 0.766 bits per heavy atom. The van der Waals surface area contributed by atoms with E-state index in [1.54, 1.807) is 0 Å². The maximum absolute atomic E-state index is 6.13. The number of fused-ring (bicyclic) bond motifs is 10. The van der Waals surface area contributed by atoms with Gasteiger partial charge in [-0.2, -0.15) is 0 Å². The third-order valence-corrected chi connectivity index (χ3v) is 9.10. The molecule has 0 unspecified atom stereocenters. The predicted octanol–water partition coefficient (Wildman–Crippen LogP) is 8.25. The molecule has 47 heavy (non-hydrogen) atoms. The number of aromatic nitrogens is 6. The van der Waals surface area contributed by atoms with Crippen LogP contribution in [0.25, 0.3) is 68.6 Å². The lowest BCUT2D eigenvalue weighted by Gasteiger charge is -2.29. The lowest BCUT2D eigenvalue weighted by Crippen LogP contribution is -2.26.